The summed E-state index contributed by atoms with van der Waals surface area (Å²) < 4.78 is 2.16. The maximum atomic E-state index is 11.0. The molecular formula is C45H34BN5O4. The molecule has 266 valence electrons. The van der Waals surface area contributed by atoms with Crippen LogP contribution in [0.2, 0.25) is 0 Å². The topological polar surface area (TPSA) is 128 Å². The number of aromatic nitrogens is 4. The summed E-state index contributed by atoms with van der Waals surface area (Å²) in [5.41, 5.74) is 6.44. The zero-order chi connectivity index (χ0) is 37.4. The van der Waals surface area contributed by atoms with Crippen LogP contribution in [0.25, 0.3) is 62.9 Å². The minimum Gasteiger partial charge on any atom is -0.508 e. The van der Waals surface area contributed by atoms with Gasteiger partial charge in [0.15, 0.2) is 23.1 Å². The summed E-state index contributed by atoms with van der Waals surface area (Å²) in [7, 11) is 1.47. The van der Waals surface area contributed by atoms with Crippen molar-refractivity contribution < 1.29 is 20.4 Å². The lowest BCUT2D eigenvalue weighted by Crippen LogP contribution is -2.31. The van der Waals surface area contributed by atoms with E-state index in [4.69, 9.17) is 15.0 Å². The molecule has 2 aromatic heterocycles. The Morgan fingerprint density at radius 2 is 1.33 bits per heavy atom. The first-order valence-electron chi connectivity index (χ1n) is 18.3. The summed E-state index contributed by atoms with van der Waals surface area (Å²) in [6, 6.07) is 32.2. The molecule has 2 atom stereocenters. The first-order valence-corrected chi connectivity index (χ1v) is 18.3. The van der Waals surface area contributed by atoms with Crippen molar-refractivity contribution in [1.29, 1.82) is 0 Å². The van der Waals surface area contributed by atoms with E-state index in [2.05, 4.69) is 88.4 Å². The molecule has 10 rings (SSSR count). The van der Waals surface area contributed by atoms with E-state index in [0.29, 0.717) is 28.7 Å². The molecule has 2 aliphatic carbocycles. The van der Waals surface area contributed by atoms with Crippen molar-refractivity contribution in [3.63, 3.8) is 0 Å². The molecule has 0 radical (unpaired) electrons. The number of hydrogen-bond acceptors (Lipinski definition) is 8. The van der Waals surface area contributed by atoms with Gasteiger partial charge < -0.3 is 25.3 Å². The Labute approximate surface area is 316 Å². The van der Waals surface area contributed by atoms with Crippen LogP contribution in [0.3, 0.4) is 0 Å². The molecular weight excluding hydrogens is 685 g/mol. The fraction of sp³-hybridized carbons (Fsp3) is 0.0889. The highest BCUT2D eigenvalue weighted by Crippen LogP contribution is 2.49. The number of para-hydroxylation sites is 1. The Morgan fingerprint density at radius 3 is 2.13 bits per heavy atom. The normalized spacial score (nSPS) is 16.7. The minimum atomic E-state index is -0.703. The minimum absolute atomic E-state index is 0.00821. The summed E-state index contributed by atoms with van der Waals surface area (Å²) in [6.07, 6.45) is 15.2. The number of allylic oxidation sites excluding steroid dienone is 2. The quantitative estimate of drug-likeness (QED) is 0.0973. The number of benzene rings is 5. The van der Waals surface area contributed by atoms with Crippen molar-refractivity contribution in [3.05, 3.63) is 137 Å². The SMILES string of the molecule is Bc1c(O)c(O)c(O)c(-c2cccc(-c3nc(-c4ccccc4)nc(-n4c5c(c6cc7c(cc64)C4C=CC=CC4N7c4ccccc4)=CCCC=5)n3)c2)c1O. The van der Waals surface area contributed by atoms with Crippen LogP contribution in [0, 0.1) is 0 Å². The standard InChI is InChI=1S/C45H34BN5O4/c46-38-39(52)37(40(53)42(55)41(38)54)26-14-11-15-27(22-26)44-47-43(25-12-3-1-4-13-25)48-45(49-44)51-34-21-10-8-19-30(34)32-23-35-31(24-36(32)51)29-18-7-9-20-33(29)50(35)28-16-5-2-6-17-28/h1-7,9,11-24,29,33,52-55H,8,10,46H2. The summed E-state index contributed by atoms with van der Waals surface area (Å²) >= 11 is 0. The highest BCUT2D eigenvalue weighted by atomic mass is 16.3. The molecule has 3 aliphatic rings. The average Bonchev–Trinajstić information content (AvgIpc) is 3.74. The molecule has 0 saturated carbocycles. The highest BCUT2D eigenvalue weighted by Gasteiger charge is 2.38. The highest BCUT2D eigenvalue weighted by molar-refractivity contribution is 6.37. The number of phenolic OH excluding ortho intramolecular Hbond substituents is 4. The Balaban J connectivity index is 1.21. The zero-order valence-electron chi connectivity index (χ0n) is 29.8. The van der Waals surface area contributed by atoms with Gasteiger partial charge in [0.2, 0.25) is 11.7 Å². The van der Waals surface area contributed by atoms with E-state index in [1.54, 1.807) is 18.2 Å². The molecule has 2 unspecified atom stereocenters. The van der Waals surface area contributed by atoms with Crippen molar-refractivity contribution in [2.24, 2.45) is 0 Å². The Bertz CT molecular complexity index is 2880. The van der Waals surface area contributed by atoms with Gasteiger partial charge in [0.25, 0.3) is 0 Å². The zero-order valence-corrected chi connectivity index (χ0v) is 29.8. The van der Waals surface area contributed by atoms with Crippen molar-refractivity contribution in [2.45, 2.75) is 24.8 Å². The molecule has 5 aromatic carbocycles. The second-order valence-electron chi connectivity index (χ2n) is 14.2. The van der Waals surface area contributed by atoms with E-state index >= 15 is 0 Å². The molecule has 1 aliphatic heterocycles. The fourth-order valence-electron chi connectivity index (χ4n) is 8.34. The first-order chi connectivity index (χ1) is 26.9. The molecule has 9 nitrogen and oxygen atoms in total. The monoisotopic (exact) mass is 719 g/mol. The van der Waals surface area contributed by atoms with Crippen LogP contribution in [-0.2, 0) is 0 Å². The number of fused-ring (bicyclic) bond motifs is 6. The number of anilines is 2. The summed E-state index contributed by atoms with van der Waals surface area (Å²) in [6.45, 7) is 0. The van der Waals surface area contributed by atoms with Crippen LogP contribution >= 0.6 is 0 Å². The summed E-state index contributed by atoms with van der Waals surface area (Å²) in [5, 5.41) is 45.9. The smallest absolute Gasteiger partial charge is 0.238 e. The average molecular weight is 720 g/mol. The predicted octanol–water partition coefficient (Wildman–Crippen LogP) is 5.98. The van der Waals surface area contributed by atoms with Gasteiger partial charge in [0.1, 0.15) is 13.6 Å². The molecule has 7 aromatic rings. The van der Waals surface area contributed by atoms with Crippen LogP contribution < -0.4 is 20.9 Å². The molecule has 3 heterocycles. The van der Waals surface area contributed by atoms with Gasteiger partial charge in [-0.15, -0.1) is 0 Å². The van der Waals surface area contributed by atoms with Gasteiger partial charge in [-0.2, -0.15) is 9.97 Å². The maximum absolute atomic E-state index is 11.0. The third-order valence-corrected chi connectivity index (χ3v) is 11.0. The van der Waals surface area contributed by atoms with Crippen LogP contribution in [0.15, 0.2) is 121 Å². The Hall–Kier alpha value is -7.07. The van der Waals surface area contributed by atoms with Crippen LogP contribution in [0.5, 0.6) is 23.0 Å². The lowest BCUT2D eigenvalue weighted by atomic mass is 9.88. The summed E-state index contributed by atoms with van der Waals surface area (Å²) in [4.78, 5) is 17.7. The second-order valence-corrected chi connectivity index (χ2v) is 14.2. The third kappa shape index (κ3) is 5.05. The van der Waals surface area contributed by atoms with E-state index < -0.39 is 17.2 Å². The van der Waals surface area contributed by atoms with E-state index in [1.165, 1.54) is 19.1 Å². The van der Waals surface area contributed by atoms with Crippen molar-refractivity contribution >= 4 is 47.7 Å². The predicted molar refractivity (Wildman–Crippen MR) is 219 cm³/mol. The first kappa shape index (κ1) is 32.6. The van der Waals surface area contributed by atoms with Crippen LogP contribution in [0.1, 0.15) is 24.3 Å². The third-order valence-electron chi connectivity index (χ3n) is 11.0. The van der Waals surface area contributed by atoms with Gasteiger partial charge in [0.05, 0.1) is 22.5 Å². The molecule has 0 amide bonds. The van der Waals surface area contributed by atoms with Gasteiger partial charge in [0, 0.05) is 39.0 Å². The van der Waals surface area contributed by atoms with Crippen molar-refractivity contribution in [2.75, 3.05) is 4.90 Å². The fourth-order valence-corrected chi connectivity index (χ4v) is 8.34. The molecule has 0 saturated heterocycles. The molecule has 10 heteroatoms. The van der Waals surface area contributed by atoms with Gasteiger partial charge >= 0.3 is 0 Å². The van der Waals surface area contributed by atoms with E-state index in [-0.39, 0.29) is 28.7 Å². The second kappa shape index (κ2) is 12.5. The lowest BCUT2D eigenvalue weighted by molar-refractivity contribution is 0.365. The van der Waals surface area contributed by atoms with Crippen molar-refractivity contribution in [3.8, 4) is 62.8 Å². The lowest BCUT2D eigenvalue weighted by Gasteiger charge is -2.28. The maximum Gasteiger partial charge on any atom is 0.238 e. The Kier molecular flexibility index (Phi) is 7.42. The largest absolute Gasteiger partial charge is 0.508 e. The molecule has 0 fully saturated rings. The van der Waals surface area contributed by atoms with Gasteiger partial charge in [-0.1, -0.05) is 103 Å². The molecule has 0 bridgehead atoms. The number of hydrogen-bond donors (Lipinski definition) is 4. The van der Waals surface area contributed by atoms with E-state index in [1.807, 2.05) is 36.4 Å². The number of nitrogens with zero attached hydrogens (tertiary/aromatic N) is 5. The number of rotatable bonds is 5. The molecule has 0 spiro atoms. The van der Waals surface area contributed by atoms with E-state index in [9.17, 15) is 20.4 Å². The Morgan fingerprint density at radius 1 is 0.636 bits per heavy atom. The van der Waals surface area contributed by atoms with E-state index in [0.717, 1.165) is 45.6 Å². The van der Waals surface area contributed by atoms with Gasteiger partial charge in [-0.25, -0.2) is 4.98 Å². The van der Waals surface area contributed by atoms with Gasteiger partial charge in [-0.3, -0.25) is 4.57 Å². The van der Waals surface area contributed by atoms with Crippen LogP contribution in [-0.4, -0.2) is 53.8 Å². The molecule has 4 N–H and O–H groups in total. The number of phenols is 4. The van der Waals surface area contributed by atoms with Crippen molar-refractivity contribution in [1.82, 2.24) is 19.5 Å². The number of aromatic hydroxyl groups is 4. The summed E-state index contributed by atoms with van der Waals surface area (Å²) in [5.74, 6) is -0.752. The van der Waals surface area contributed by atoms with Gasteiger partial charge in [-0.05, 0) is 59.8 Å². The molecule has 55 heavy (non-hydrogen) atoms. The van der Waals surface area contributed by atoms with Crippen LogP contribution in [0.4, 0.5) is 11.4 Å².